The van der Waals surface area contributed by atoms with Crippen LogP contribution >= 0.6 is 0 Å². The highest BCUT2D eigenvalue weighted by atomic mass is 19.3. The first-order valence-electron chi connectivity index (χ1n) is 7.90. The average molecular weight is 361 g/mol. The normalized spacial score (nSPS) is 12.3. The first-order chi connectivity index (χ1) is 12.5. The van der Waals surface area contributed by atoms with Gasteiger partial charge in [-0.2, -0.15) is 8.78 Å². The summed E-state index contributed by atoms with van der Waals surface area (Å²) in [7, 11) is 1.63. The molecule has 1 aromatic carbocycles. The van der Waals surface area contributed by atoms with Gasteiger partial charge in [-0.05, 0) is 25.1 Å². The first kappa shape index (κ1) is 17.7. The molecule has 0 fully saturated rings. The van der Waals surface area contributed by atoms with E-state index in [-0.39, 0.29) is 17.9 Å². The topological polar surface area (TPSA) is 73.1 Å². The molecule has 7 nitrogen and oxygen atoms in total. The zero-order valence-electron chi connectivity index (χ0n) is 14.2. The first-order valence-corrected chi connectivity index (χ1v) is 7.90. The number of imidazole rings is 1. The van der Waals surface area contributed by atoms with Crippen LogP contribution in [0.1, 0.15) is 25.4 Å². The predicted molar refractivity (Wildman–Crippen MR) is 90.8 cm³/mol. The van der Waals surface area contributed by atoms with Gasteiger partial charge in [0.2, 0.25) is 5.95 Å². The zero-order valence-corrected chi connectivity index (χ0v) is 14.2. The molecule has 2 heterocycles. The summed E-state index contributed by atoms with van der Waals surface area (Å²) in [5.41, 5.74) is 0.704. The van der Waals surface area contributed by atoms with Crippen LogP contribution in [0, 0.1) is 0 Å². The van der Waals surface area contributed by atoms with Crippen LogP contribution in [0.25, 0.3) is 11.0 Å². The van der Waals surface area contributed by atoms with E-state index in [0.717, 1.165) is 4.57 Å². The smallest absolute Gasteiger partial charge is 0.326 e. The summed E-state index contributed by atoms with van der Waals surface area (Å²) >= 11 is 0. The molecule has 0 spiro atoms. The number of esters is 1. The van der Waals surface area contributed by atoms with E-state index >= 15 is 0 Å². The van der Waals surface area contributed by atoms with Gasteiger partial charge in [0.1, 0.15) is 6.54 Å². The zero-order chi connectivity index (χ0) is 18.7. The summed E-state index contributed by atoms with van der Waals surface area (Å²) in [6, 6.07) is 8.20. The van der Waals surface area contributed by atoms with Crippen molar-refractivity contribution in [3.8, 4) is 0 Å². The van der Waals surface area contributed by atoms with Crippen LogP contribution in [-0.4, -0.2) is 39.1 Å². The number of para-hydroxylation sites is 2. The molecule has 0 saturated heterocycles. The number of anilines is 1. The van der Waals surface area contributed by atoms with E-state index in [1.54, 1.807) is 49.8 Å². The second-order valence-electron chi connectivity index (χ2n) is 5.64. The average Bonchev–Trinajstić information content (AvgIpc) is 3.02. The molecule has 0 N–H and O–H groups in total. The standard InChI is InChI=1S/C17H17F2N5O2/c1-11(26-14(25)10-23(2)17-20-8-5-9-21-17)15-22-12-6-3-4-7-13(12)24(15)16(18)19/h3-9,11,16H,10H2,1-2H3. The lowest BCUT2D eigenvalue weighted by atomic mass is 10.3. The minimum absolute atomic E-state index is 0.00633. The molecule has 1 atom stereocenters. The number of ether oxygens (including phenoxy) is 1. The number of carbonyl (C=O) groups is 1. The van der Waals surface area contributed by atoms with Crippen molar-refractivity contribution in [2.45, 2.75) is 19.6 Å². The molecule has 0 aliphatic heterocycles. The van der Waals surface area contributed by atoms with Crippen LogP contribution in [0.2, 0.25) is 0 Å². The second-order valence-corrected chi connectivity index (χ2v) is 5.64. The van der Waals surface area contributed by atoms with Gasteiger partial charge >= 0.3 is 12.5 Å². The Morgan fingerprint density at radius 3 is 2.62 bits per heavy atom. The van der Waals surface area contributed by atoms with Crippen molar-refractivity contribution >= 4 is 23.0 Å². The molecular weight excluding hydrogens is 344 g/mol. The maximum Gasteiger partial charge on any atom is 0.326 e. The Morgan fingerprint density at radius 1 is 1.23 bits per heavy atom. The quantitative estimate of drug-likeness (QED) is 0.629. The minimum atomic E-state index is -2.79. The maximum absolute atomic E-state index is 13.5. The number of hydrogen-bond donors (Lipinski definition) is 0. The van der Waals surface area contributed by atoms with Gasteiger partial charge in [-0.15, -0.1) is 0 Å². The van der Waals surface area contributed by atoms with Crippen molar-refractivity contribution in [3.05, 3.63) is 48.5 Å². The molecule has 26 heavy (non-hydrogen) atoms. The van der Waals surface area contributed by atoms with Crippen LogP contribution in [0.15, 0.2) is 42.7 Å². The van der Waals surface area contributed by atoms with Crippen LogP contribution in [0.5, 0.6) is 0 Å². The highest BCUT2D eigenvalue weighted by molar-refractivity contribution is 5.77. The Morgan fingerprint density at radius 2 is 1.92 bits per heavy atom. The van der Waals surface area contributed by atoms with Gasteiger partial charge in [-0.3, -0.25) is 9.36 Å². The summed E-state index contributed by atoms with van der Waals surface area (Å²) in [6.45, 7) is -1.40. The Kier molecular flexibility index (Phi) is 5.06. The fourth-order valence-electron chi connectivity index (χ4n) is 2.59. The summed E-state index contributed by atoms with van der Waals surface area (Å²) in [6.07, 6.45) is 2.17. The van der Waals surface area contributed by atoms with Crippen molar-refractivity contribution in [1.82, 2.24) is 19.5 Å². The Balaban J connectivity index is 1.75. The van der Waals surface area contributed by atoms with Gasteiger partial charge in [-0.1, -0.05) is 12.1 Å². The molecule has 136 valence electrons. The van der Waals surface area contributed by atoms with Gasteiger partial charge in [0.05, 0.1) is 11.0 Å². The number of likely N-dealkylation sites (N-methyl/N-ethyl adjacent to an activating group) is 1. The number of rotatable bonds is 6. The molecule has 0 saturated carbocycles. The monoisotopic (exact) mass is 361 g/mol. The molecule has 3 aromatic rings. The van der Waals surface area contributed by atoms with E-state index in [9.17, 15) is 13.6 Å². The molecule has 3 rings (SSSR count). The molecule has 0 radical (unpaired) electrons. The number of alkyl halides is 2. The summed E-state index contributed by atoms with van der Waals surface area (Å²) < 4.78 is 33.0. The lowest BCUT2D eigenvalue weighted by Gasteiger charge is -2.18. The second kappa shape index (κ2) is 7.42. The fraction of sp³-hybridized carbons (Fsp3) is 0.294. The van der Waals surface area contributed by atoms with Crippen molar-refractivity contribution in [2.24, 2.45) is 0 Å². The SMILES string of the molecule is CC(OC(=O)CN(C)c1ncccn1)c1nc2ccccc2n1C(F)F. The van der Waals surface area contributed by atoms with Crippen molar-refractivity contribution < 1.29 is 18.3 Å². The van der Waals surface area contributed by atoms with E-state index in [1.165, 1.54) is 11.8 Å². The molecule has 1 unspecified atom stereocenters. The third kappa shape index (κ3) is 3.61. The van der Waals surface area contributed by atoms with Crippen LogP contribution in [-0.2, 0) is 9.53 Å². The molecule has 0 aliphatic rings. The number of halogens is 2. The fourth-order valence-corrected chi connectivity index (χ4v) is 2.59. The van der Waals surface area contributed by atoms with E-state index in [1.807, 2.05) is 0 Å². The largest absolute Gasteiger partial charge is 0.453 e. The molecule has 0 bridgehead atoms. The number of carbonyl (C=O) groups excluding carboxylic acids is 1. The van der Waals surface area contributed by atoms with Gasteiger partial charge in [-0.25, -0.2) is 15.0 Å². The van der Waals surface area contributed by atoms with Crippen molar-refractivity contribution in [2.75, 3.05) is 18.5 Å². The Bertz CT molecular complexity index is 901. The van der Waals surface area contributed by atoms with Crippen LogP contribution in [0.3, 0.4) is 0 Å². The number of nitrogens with zero attached hydrogens (tertiary/aromatic N) is 5. The highest BCUT2D eigenvalue weighted by Gasteiger charge is 2.24. The van der Waals surface area contributed by atoms with Crippen LogP contribution in [0.4, 0.5) is 14.7 Å². The number of benzene rings is 1. The highest BCUT2D eigenvalue weighted by Crippen LogP contribution is 2.28. The Labute approximate surface area is 148 Å². The predicted octanol–water partition coefficient (Wildman–Crippen LogP) is 2.96. The molecule has 9 heteroatoms. The lowest BCUT2D eigenvalue weighted by molar-refractivity contribution is -0.147. The van der Waals surface area contributed by atoms with Gasteiger partial charge < -0.3 is 9.64 Å². The number of fused-ring (bicyclic) bond motifs is 1. The van der Waals surface area contributed by atoms with Crippen molar-refractivity contribution in [3.63, 3.8) is 0 Å². The lowest BCUT2D eigenvalue weighted by Crippen LogP contribution is -2.29. The van der Waals surface area contributed by atoms with E-state index < -0.39 is 18.6 Å². The summed E-state index contributed by atoms with van der Waals surface area (Å²) in [5.74, 6) is -0.245. The molecule has 2 aromatic heterocycles. The molecule has 0 amide bonds. The van der Waals surface area contributed by atoms with Gasteiger partial charge in [0.15, 0.2) is 11.9 Å². The summed E-state index contributed by atoms with van der Waals surface area (Å²) in [4.78, 5) is 25.9. The number of hydrogen-bond acceptors (Lipinski definition) is 6. The van der Waals surface area contributed by atoms with Gasteiger partial charge in [0.25, 0.3) is 0 Å². The molecular formula is C17H17F2N5O2. The minimum Gasteiger partial charge on any atom is -0.453 e. The Hall–Kier alpha value is -3.10. The van der Waals surface area contributed by atoms with Crippen LogP contribution < -0.4 is 4.90 Å². The maximum atomic E-state index is 13.5. The van der Waals surface area contributed by atoms with Gasteiger partial charge in [0, 0.05) is 19.4 Å². The third-order valence-electron chi connectivity index (χ3n) is 3.75. The van der Waals surface area contributed by atoms with E-state index in [2.05, 4.69) is 15.0 Å². The third-order valence-corrected chi connectivity index (χ3v) is 3.75. The number of aromatic nitrogens is 4. The summed E-state index contributed by atoms with van der Waals surface area (Å²) in [5, 5.41) is 0. The van der Waals surface area contributed by atoms with E-state index in [4.69, 9.17) is 4.74 Å². The molecule has 0 aliphatic carbocycles. The van der Waals surface area contributed by atoms with E-state index in [0.29, 0.717) is 11.5 Å². The van der Waals surface area contributed by atoms with Crippen molar-refractivity contribution in [1.29, 1.82) is 0 Å².